The first kappa shape index (κ1) is 19.3. The van der Waals surface area contributed by atoms with Gasteiger partial charge in [-0.25, -0.2) is 4.98 Å². The number of amides is 1. The van der Waals surface area contributed by atoms with Gasteiger partial charge in [-0.1, -0.05) is 36.4 Å². The number of carbonyl (C=O) groups is 1. The molecular formula is C23H26N4O2. The minimum absolute atomic E-state index is 0.0385. The van der Waals surface area contributed by atoms with Gasteiger partial charge >= 0.3 is 0 Å². The highest BCUT2D eigenvalue weighted by Crippen LogP contribution is 2.28. The topological polar surface area (TPSA) is 60.2 Å². The third-order valence-corrected chi connectivity index (χ3v) is 5.43. The number of hydrogen-bond donors (Lipinski definition) is 0. The van der Waals surface area contributed by atoms with Crippen LogP contribution in [0.3, 0.4) is 0 Å². The zero-order valence-electron chi connectivity index (χ0n) is 16.7. The summed E-state index contributed by atoms with van der Waals surface area (Å²) >= 11 is 0. The lowest BCUT2D eigenvalue weighted by atomic mass is 9.94. The Kier molecular flexibility index (Phi) is 6.00. The van der Waals surface area contributed by atoms with Crippen LogP contribution in [0.5, 0.6) is 0 Å². The third kappa shape index (κ3) is 4.38. The second-order valence-corrected chi connectivity index (χ2v) is 7.35. The van der Waals surface area contributed by atoms with Crippen LogP contribution in [0.2, 0.25) is 0 Å². The second kappa shape index (κ2) is 9.01. The van der Waals surface area contributed by atoms with Crippen LogP contribution >= 0.6 is 0 Å². The smallest absolute Gasteiger partial charge is 0.226 e. The van der Waals surface area contributed by atoms with Crippen molar-refractivity contribution in [2.24, 2.45) is 5.92 Å². The summed E-state index contributed by atoms with van der Waals surface area (Å²) < 4.78 is 7.48. The number of fused-ring (bicyclic) bond motifs is 1. The lowest BCUT2D eigenvalue weighted by molar-refractivity contribution is -0.137. The summed E-state index contributed by atoms with van der Waals surface area (Å²) in [5.74, 6) is 1.11. The fourth-order valence-electron chi connectivity index (χ4n) is 3.91. The van der Waals surface area contributed by atoms with E-state index < -0.39 is 0 Å². The molecule has 0 spiro atoms. The molecule has 1 aliphatic heterocycles. The van der Waals surface area contributed by atoms with Gasteiger partial charge in [0.25, 0.3) is 0 Å². The number of pyridine rings is 1. The average molecular weight is 390 g/mol. The Bertz CT molecular complexity index is 940. The number of ether oxygens (including phenoxy) is 1. The van der Waals surface area contributed by atoms with Crippen LogP contribution < -0.4 is 0 Å². The predicted octanol–water partition coefficient (Wildman–Crippen LogP) is 3.18. The Morgan fingerprint density at radius 3 is 2.76 bits per heavy atom. The molecule has 6 nitrogen and oxygen atoms in total. The van der Waals surface area contributed by atoms with Gasteiger partial charge in [0.05, 0.1) is 18.8 Å². The SMILES string of the molecule is COCCN(Cc1ccccn1)C(=O)[C@@H]1CCn2c(cnc2-c2ccccc2)C1. The molecule has 0 saturated heterocycles. The first-order valence-corrected chi connectivity index (χ1v) is 10.0. The molecule has 3 aromatic rings. The maximum absolute atomic E-state index is 13.3. The third-order valence-electron chi connectivity index (χ3n) is 5.43. The maximum atomic E-state index is 13.3. The summed E-state index contributed by atoms with van der Waals surface area (Å²) in [5.41, 5.74) is 3.13. The number of methoxy groups -OCH3 is 1. The van der Waals surface area contributed by atoms with Crippen molar-refractivity contribution in [1.29, 1.82) is 0 Å². The van der Waals surface area contributed by atoms with Gasteiger partial charge in [-0.3, -0.25) is 9.78 Å². The summed E-state index contributed by atoms with van der Waals surface area (Å²) in [7, 11) is 1.66. The fraction of sp³-hybridized carbons (Fsp3) is 0.348. The van der Waals surface area contributed by atoms with Crippen LogP contribution in [0.15, 0.2) is 60.9 Å². The number of aromatic nitrogens is 3. The number of imidazole rings is 1. The molecule has 0 saturated carbocycles. The van der Waals surface area contributed by atoms with Crippen molar-refractivity contribution in [3.05, 3.63) is 72.3 Å². The molecule has 6 heteroatoms. The predicted molar refractivity (Wildman–Crippen MR) is 111 cm³/mol. The molecule has 2 aromatic heterocycles. The zero-order chi connectivity index (χ0) is 20.1. The first-order chi connectivity index (χ1) is 14.3. The van der Waals surface area contributed by atoms with Crippen LogP contribution in [-0.2, 0) is 29.0 Å². The summed E-state index contributed by atoms with van der Waals surface area (Å²) in [6, 6.07) is 16.0. The van der Waals surface area contributed by atoms with E-state index in [2.05, 4.69) is 26.7 Å². The van der Waals surface area contributed by atoms with Crippen LogP contribution in [0, 0.1) is 5.92 Å². The van der Waals surface area contributed by atoms with Crippen molar-refractivity contribution in [3.63, 3.8) is 0 Å². The Balaban J connectivity index is 1.49. The van der Waals surface area contributed by atoms with Crippen molar-refractivity contribution < 1.29 is 9.53 Å². The number of hydrogen-bond acceptors (Lipinski definition) is 4. The Morgan fingerprint density at radius 1 is 1.17 bits per heavy atom. The van der Waals surface area contributed by atoms with E-state index in [4.69, 9.17) is 4.74 Å². The van der Waals surface area contributed by atoms with Crippen LogP contribution in [0.1, 0.15) is 17.8 Å². The first-order valence-electron chi connectivity index (χ1n) is 10.0. The van der Waals surface area contributed by atoms with Gasteiger partial charge in [0.2, 0.25) is 5.91 Å². The fourth-order valence-corrected chi connectivity index (χ4v) is 3.91. The quantitative estimate of drug-likeness (QED) is 0.622. The highest BCUT2D eigenvalue weighted by Gasteiger charge is 2.30. The summed E-state index contributed by atoms with van der Waals surface area (Å²) in [6.45, 7) is 2.39. The average Bonchev–Trinajstić information content (AvgIpc) is 3.21. The molecule has 0 bridgehead atoms. The van der Waals surface area contributed by atoms with Gasteiger partial charge in [-0.2, -0.15) is 0 Å². The Labute approximate surface area is 171 Å². The lowest BCUT2D eigenvalue weighted by Gasteiger charge is -2.30. The van der Waals surface area contributed by atoms with Crippen LogP contribution in [-0.4, -0.2) is 45.6 Å². The maximum Gasteiger partial charge on any atom is 0.226 e. The summed E-state index contributed by atoms with van der Waals surface area (Å²) in [4.78, 5) is 24.2. The van der Waals surface area contributed by atoms with Gasteiger partial charge in [0.15, 0.2) is 0 Å². The van der Waals surface area contributed by atoms with Crippen LogP contribution in [0.4, 0.5) is 0 Å². The molecule has 0 aliphatic carbocycles. The number of benzene rings is 1. The monoisotopic (exact) mass is 390 g/mol. The molecule has 1 atom stereocenters. The van der Waals surface area contributed by atoms with Crippen molar-refractivity contribution >= 4 is 5.91 Å². The van der Waals surface area contributed by atoms with E-state index >= 15 is 0 Å². The Morgan fingerprint density at radius 2 is 2.00 bits per heavy atom. The highest BCUT2D eigenvalue weighted by molar-refractivity contribution is 5.79. The van der Waals surface area contributed by atoms with Gasteiger partial charge in [-0.15, -0.1) is 0 Å². The highest BCUT2D eigenvalue weighted by atomic mass is 16.5. The minimum Gasteiger partial charge on any atom is -0.383 e. The van der Waals surface area contributed by atoms with E-state index in [0.29, 0.717) is 26.1 Å². The zero-order valence-corrected chi connectivity index (χ0v) is 16.7. The molecule has 1 aromatic carbocycles. The Hall–Kier alpha value is -2.99. The molecule has 0 fully saturated rings. The molecule has 3 heterocycles. The van der Waals surface area contributed by atoms with Crippen molar-refractivity contribution in [3.8, 4) is 11.4 Å². The number of carbonyl (C=O) groups excluding carboxylic acids is 1. The molecule has 0 N–H and O–H groups in total. The van der Waals surface area contributed by atoms with Crippen molar-refractivity contribution in [2.75, 3.05) is 20.3 Å². The largest absolute Gasteiger partial charge is 0.383 e. The van der Waals surface area contributed by atoms with E-state index in [1.54, 1.807) is 13.3 Å². The van der Waals surface area contributed by atoms with Crippen molar-refractivity contribution in [1.82, 2.24) is 19.4 Å². The summed E-state index contributed by atoms with van der Waals surface area (Å²) in [5, 5.41) is 0. The number of nitrogens with zero attached hydrogens (tertiary/aromatic N) is 4. The molecule has 1 aliphatic rings. The van der Waals surface area contributed by atoms with E-state index in [0.717, 1.165) is 35.7 Å². The molecule has 1 amide bonds. The van der Waals surface area contributed by atoms with Gasteiger partial charge in [-0.05, 0) is 18.6 Å². The number of rotatable bonds is 7. The summed E-state index contributed by atoms with van der Waals surface area (Å²) in [6.07, 6.45) is 5.21. The molecule has 0 unspecified atom stereocenters. The minimum atomic E-state index is -0.0385. The normalized spacial score (nSPS) is 15.7. The van der Waals surface area contributed by atoms with Gasteiger partial charge in [0.1, 0.15) is 5.82 Å². The lowest BCUT2D eigenvalue weighted by Crippen LogP contribution is -2.40. The molecule has 0 radical (unpaired) electrons. The molecular weight excluding hydrogens is 364 g/mol. The van der Waals surface area contributed by atoms with Gasteiger partial charge < -0.3 is 14.2 Å². The van der Waals surface area contributed by atoms with E-state index in [9.17, 15) is 4.79 Å². The van der Waals surface area contributed by atoms with E-state index in [1.807, 2.05) is 47.5 Å². The van der Waals surface area contributed by atoms with E-state index in [-0.39, 0.29) is 11.8 Å². The molecule has 4 rings (SSSR count). The van der Waals surface area contributed by atoms with E-state index in [1.165, 1.54) is 0 Å². The van der Waals surface area contributed by atoms with Crippen molar-refractivity contribution in [2.45, 2.75) is 25.9 Å². The molecule has 150 valence electrons. The second-order valence-electron chi connectivity index (χ2n) is 7.35. The molecule has 29 heavy (non-hydrogen) atoms. The van der Waals surface area contributed by atoms with Gasteiger partial charge in [0, 0.05) is 56.2 Å². The van der Waals surface area contributed by atoms with Crippen LogP contribution in [0.25, 0.3) is 11.4 Å². The standard InChI is InChI=1S/C23H26N4O2/c1-29-14-13-26(17-20-9-5-6-11-24-20)23(28)19-10-12-27-21(15-19)16-25-22(27)18-7-3-2-4-8-18/h2-9,11,16,19H,10,12-15,17H2,1H3/t19-/m1/s1.